The number of halogens is 2. The smallest absolute Gasteiger partial charge is 0.415 e. The molecule has 3 atom stereocenters. The van der Waals surface area contributed by atoms with Crippen molar-refractivity contribution in [2.75, 3.05) is 36.0 Å². The minimum Gasteiger partial charge on any atom is -0.443 e. The van der Waals surface area contributed by atoms with Crippen LogP contribution in [0.3, 0.4) is 0 Å². The molecule has 44 heavy (non-hydrogen) atoms. The van der Waals surface area contributed by atoms with Gasteiger partial charge in [0, 0.05) is 6.54 Å². The quantitative estimate of drug-likeness (QED) is 0.385. The predicted molar refractivity (Wildman–Crippen MR) is 158 cm³/mol. The van der Waals surface area contributed by atoms with Gasteiger partial charge < -0.3 is 23.8 Å². The fraction of sp³-hybridized carbons (Fsp3) is 0.533. The molecule has 1 aromatic heterocycles. The first-order chi connectivity index (χ1) is 20.6. The lowest BCUT2D eigenvalue weighted by molar-refractivity contribution is -0.161. The number of hydrogen-bond donors (Lipinski definition) is 0. The Hall–Kier alpha value is -3.62. The third-order valence-electron chi connectivity index (χ3n) is 7.18. The summed E-state index contributed by atoms with van der Waals surface area (Å²) < 4.78 is 57.9. The summed E-state index contributed by atoms with van der Waals surface area (Å²) in [5.41, 5.74) is -0.444. The summed E-state index contributed by atoms with van der Waals surface area (Å²) in [5.74, 6) is -3.22. The van der Waals surface area contributed by atoms with Crippen molar-refractivity contribution in [3.05, 3.63) is 53.2 Å². The van der Waals surface area contributed by atoms with Crippen LogP contribution >= 0.6 is 11.5 Å². The molecule has 14 heteroatoms. The van der Waals surface area contributed by atoms with Crippen molar-refractivity contribution in [1.82, 2.24) is 9.27 Å². The maximum absolute atomic E-state index is 15.7. The summed E-state index contributed by atoms with van der Waals surface area (Å²) in [7, 11) is 0. The number of carbonyl (C=O) groups is 3. The fourth-order valence-corrected chi connectivity index (χ4v) is 6.03. The number of amides is 3. The van der Waals surface area contributed by atoms with E-state index in [9.17, 15) is 14.4 Å². The molecule has 4 heterocycles. The molecule has 0 saturated carbocycles. The number of cyclic esters (lactones) is 1. The van der Waals surface area contributed by atoms with Crippen molar-refractivity contribution in [2.24, 2.45) is 0 Å². The molecule has 3 amide bonds. The lowest BCUT2D eigenvalue weighted by Crippen LogP contribution is -2.44. The van der Waals surface area contributed by atoms with Gasteiger partial charge in [-0.2, -0.15) is 4.37 Å². The highest BCUT2D eigenvalue weighted by Crippen LogP contribution is 2.36. The van der Waals surface area contributed by atoms with Gasteiger partial charge in [0.25, 0.3) is 5.91 Å². The van der Waals surface area contributed by atoms with Crippen molar-refractivity contribution >= 4 is 40.3 Å². The van der Waals surface area contributed by atoms with E-state index in [0.29, 0.717) is 17.1 Å². The number of anilines is 2. The Kier molecular flexibility index (Phi) is 8.71. The summed E-state index contributed by atoms with van der Waals surface area (Å²) in [6.45, 7) is 10.5. The maximum Gasteiger partial charge on any atom is 0.415 e. The summed E-state index contributed by atoms with van der Waals surface area (Å²) in [6, 6.07) is 2.79. The van der Waals surface area contributed by atoms with Crippen molar-refractivity contribution in [3.63, 3.8) is 0 Å². The largest absolute Gasteiger partial charge is 0.443 e. The first kappa shape index (κ1) is 31.8. The fourth-order valence-electron chi connectivity index (χ4n) is 5.26. The monoisotopic (exact) mass is 634 g/mol. The predicted octanol–water partition coefficient (Wildman–Crippen LogP) is 5.48. The van der Waals surface area contributed by atoms with Crippen LogP contribution in [0.5, 0.6) is 0 Å². The van der Waals surface area contributed by atoms with E-state index in [4.69, 9.17) is 18.9 Å². The molecule has 11 nitrogen and oxygen atoms in total. The van der Waals surface area contributed by atoms with Gasteiger partial charge in [-0.1, -0.05) is 12.2 Å². The van der Waals surface area contributed by atoms with Gasteiger partial charge in [0.1, 0.15) is 28.3 Å². The average molecular weight is 635 g/mol. The Morgan fingerprint density at radius 1 is 1.20 bits per heavy atom. The van der Waals surface area contributed by atoms with Gasteiger partial charge in [-0.15, -0.1) is 0 Å². The van der Waals surface area contributed by atoms with Gasteiger partial charge >= 0.3 is 12.2 Å². The van der Waals surface area contributed by atoms with Crippen LogP contribution in [0.4, 0.5) is 29.1 Å². The van der Waals surface area contributed by atoms with Crippen molar-refractivity contribution in [2.45, 2.75) is 77.6 Å². The first-order valence-corrected chi connectivity index (χ1v) is 15.1. The van der Waals surface area contributed by atoms with Crippen LogP contribution < -0.4 is 9.80 Å². The Labute approximate surface area is 258 Å². The topological polar surface area (TPSA) is 111 Å². The van der Waals surface area contributed by atoms with Crippen molar-refractivity contribution in [1.29, 1.82) is 0 Å². The second kappa shape index (κ2) is 12.1. The number of hydrogen-bond acceptors (Lipinski definition) is 9. The van der Waals surface area contributed by atoms with E-state index in [2.05, 4.69) is 4.37 Å². The SMILES string of the molecule is Cc1cc(N(C[C@H]2CN(c3cc(F)c(C4C=CCCN4C(=O)[C@@H]4COC(C)(C)O4)c(F)c3)C(=O)O2)C(=O)OC(C)(C)C)sn1. The van der Waals surface area contributed by atoms with E-state index in [1.165, 1.54) is 9.80 Å². The molecule has 0 aliphatic carbocycles. The van der Waals surface area contributed by atoms with Crippen LogP contribution in [-0.2, 0) is 23.7 Å². The Bertz CT molecular complexity index is 1450. The normalized spacial score (nSPS) is 23.2. The third kappa shape index (κ3) is 6.87. The van der Waals surface area contributed by atoms with Crippen molar-refractivity contribution in [3.8, 4) is 0 Å². The third-order valence-corrected chi connectivity index (χ3v) is 8.09. The van der Waals surface area contributed by atoms with E-state index in [-0.39, 0.29) is 37.5 Å². The molecule has 3 aliphatic rings. The zero-order valence-electron chi connectivity index (χ0n) is 25.5. The van der Waals surface area contributed by atoms with Crippen LogP contribution in [-0.4, -0.2) is 77.2 Å². The lowest BCUT2D eigenvalue weighted by atomic mass is 9.98. The molecule has 3 aliphatic heterocycles. The molecule has 2 fully saturated rings. The average Bonchev–Trinajstić information content (AvgIpc) is 3.63. The van der Waals surface area contributed by atoms with Gasteiger partial charge in [0.2, 0.25) is 0 Å². The number of rotatable bonds is 6. The summed E-state index contributed by atoms with van der Waals surface area (Å²) in [5, 5.41) is 0.505. The molecule has 1 aromatic carbocycles. The van der Waals surface area contributed by atoms with Crippen LogP contribution in [0.1, 0.15) is 58.3 Å². The Morgan fingerprint density at radius 2 is 1.91 bits per heavy atom. The standard InChI is InChI=1S/C30H36F2N4O7S/c1-17-11-24(44-33-17)36(28(39)43-29(2,3)4)15-19-14-35(27(38)41-19)18-12-20(31)25(21(32)13-18)22-9-7-8-10-34(22)26(37)23-16-40-30(5,6)42-23/h7,9,11-13,19,22-23H,8,10,14-16H2,1-6H3/t19-,22?,23+/m1/s1. The van der Waals surface area contributed by atoms with Crippen LogP contribution in [0.15, 0.2) is 30.4 Å². The molecule has 0 bridgehead atoms. The van der Waals surface area contributed by atoms with Crippen molar-refractivity contribution < 1.29 is 42.1 Å². The number of benzene rings is 1. The minimum atomic E-state index is -1.01. The highest BCUT2D eigenvalue weighted by Gasteiger charge is 2.42. The Balaban J connectivity index is 1.34. The van der Waals surface area contributed by atoms with E-state index < -0.39 is 59.4 Å². The maximum atomic E-state index is 15.7. The molecule has 5 rings (SSSR count). The molecule has 2 saturated heterocycles. The first-order valence-electron chi connectivity index (χ1n) is 14.3. The highest BCUT2D eigenvalue weighted by atomic mass is 32.1. The van der Waals surface area contributed by atoms with E-state index >= 15 is 8.78 Å². The molecule has 2 aromatic rings. The second-order valence-corrected chi connectivity index (χ2v) is 13.1. The highest BCUT2D eigenvalue weighted by molar-refractivity contribution is 7.10. The lowest BCUT2D eigenvalue weighted by Gasteiger charge is -2.34. The molecule has 0 spiro atoms. The second-order valence-electron chi connectivity index (χ2n) is 12.3. The van der Waals surface area contributed by atoms with E-state index in [1.807, 2.05) is 0 Å². The molecular weight excluding hydrogens is 598 g/mol. The number of nitrogens with zero attached hydrogens (tertiary/aromatic N) is 4. The number of aryl methyl sites for hydroxylation is 1. The van der Waals surface area contributed by atoms with Crippen LogP contribution in [0.2, 0.25) is 0 Å². The zero-order chi connectivity index (χ0) is 32.0. The zero-order valence-corrected chi connectivity index (χ0v) is 26.3. The summed E-state index contributed by atoms with van der Waals surface area (Å²) >= 11 is 1.10. The minimum absolute atomic E-state index is 0.0366. The van der Waals surface area contributed by atoms with Crippen LogP contribution in [0, 0.1) is 18.6 Å². The molecule has 0 radical (unpaired) electrons. The van der Waals surface area contributed by atoms with Gasteiger partial charge in [-0.3, -0.25) is 14.6 Å². The van der Waals surface area contributed by atoms with E-state index in [0.717, 1.165) is 28.6 Å². The number of ether oxygens (including phenoxy) is 4. The number of aromatic nitrogens is 1. The summed E-state index contributed by atoms with van der Waals surface area (Å²) in [4.78, 5) is 43.0. The van der Waals surface area contributed by atoms with Gasteiger partial charge in [-0.25, -0.2) is 18.4 Å². The van der Waals surface area contributed by atoms with Gasteiger partial charge in [-0.05, 0) is 77.7 Å². The van der Waals surface area contributed by atoms with Gasteiger partial charge in [0.05, 0.1) is 42.7 Å². The molecule has 1 unspecified atom stereocenters. The number of carbonyl (C=O) groups excluding carboxylic acids is 3. The molecule has 0 N–H and O–H groups in total. The summed E-state index contributed by atoms with van der Waals surface area (Å²) in [6.07, 6.45) is 0.682. The molecule has 238 valence electrons. The van der Waals surface area contributed by atoms with Gasteiger partial charge in [0.15, 0.2) is 11.9 Å². The Morgan fingerprint density at radius 3 is 2.50 bits per heavy atom. The van der Waals surface area contributed by atoms with Crippen LogP contribution in [0.25, 0.3) is 0 Å². The molecular formula is C30H36F2N4O7S. The van der Waals surface area contributed by atoms with E-state index in [1.54, 1.807) is 59.8 Å².